The molecule has 0 bridgehead atoms. The van der Waals surface area contributed by atoms with Gasteiger partial charge in [0.05, 0.1) is 0 Å². The maximum Gasteiger partial charge on any atom is 0.220 e. The number of anilines is 1. The molecule has 0 aromatic carbocycles. The van der Waals surface area contributed by atoms with Gasteiger partial charge in [-0.15, -0.1) is 11.6 Å². The van der Waals surface area contributed by atoms with Crippen LogP contribution in [-0.2, 0) is 4.79 Å². The molecule has 0 radical (unpaired) electrons. The lowest BCUT2D eigenvalue weighted by molar-refractivity contribution is -0.122. The molecule has 1 fully saturated rings. The fraction of sp³-hybridized carbons (Fsp3) is 0.667. The summed E-state index contributed by atoms with van der Waals surface area (Å²) in [6.45, 7) is 1.03. The van der Waals surface area contributed by atoms with Gasteiger partial charge in [0, 0.05) is 41.7 Å². The van der Waals surface area contributed by atoms with Crippen molar-refractivity contribution in [2.45, 2.75) is 51.0 Å². The fourth-order valence-electron chi connectivity index (χ4n) is 3.24. The lowest BCUT2D eigenvalue weighted by Gasteiger charge is -2.32. The number of nitrogens with one attached hydrogen (secondary N) is 1. The molecule has 1 heterocycles. The average molecular weight is 464 g/mol. The summed E-state index contributed by atoms with van der Waals surface area (Å²) >= 11 is 7.92. The standard InChI is InChI=1S/C18H27ClIN3O/c1-23(17-10-7-15(20)12-21-17)13-14-5-8-16(9-6-14)22-18(24)4-2-3-11-19/h7,10,12,14,16H,2-6,8-9,11,13H2,1H3,(H,22,24). The molecule has 1 saturated carbocycles. The molecular weight excluding hydrogens is 437 g/mol. The zero-order valence-electron chi connectivity index (χ0n) is 14.3. The van der Waals surface area contributed by atoms with Gasteiger partial charge in [-0.2, -0.15) is 0 Å². The molecule has 2 rings (SSSR count). The molecule has 1 aliphatic rings. The van der Waals surface area contributed by atoms with E-state index in [9.17, 15) is 4.79 Å². The Morgan fingerprint density at radius 3 is 2.71 bits per heavy atom. The summed E-state index contributed by atoms with van der Waals surface area (Å²) in [5, 5.41) is 3.18. The molecule has 0 spiro atoms. The van der Waals surface area contributed by atoms with Crippen LogP contribution in [0.5, 0.6) is 0 Å². The summed E-state index contributed by atoms with van der Waals surface area (Å²) in [5.41, 5.74) is 0. The Labute approximate surface area is 163 Å². The van der Waals surface area contributed by atoms with Crippen molar-refractivity contribution in [3.8, 4) is 0 Å². The number of amides is 1. The van der Waals surface area contributed by atoms with Gasteiger partial charge in [0.15, 0.2) is 0 Å². The number of hydrogen-bond acceptors (Lipinski definition) is 3. The second-order valence-electron chi connectivity index (χ2n) is 6.65. The van der Waals surface area contributed by atoms with Crippen LogP contribution in [0.15, 0.2) is 18.3 Å². The van der Waals surface area contributed by atoms with Crippen LogP contribution in [0, 0.1) is 9.49 Å². The Kier molecular flexibility index (Phi) is 8.59. The molecule has 0 aliphatic heterocycles. The largest absolute Gasteiger partial charge is 0.359 e. The van der Waals surface area contributed by atoms with Gasteiger partial charge in [-0.25, -0.2) is 4.98 Å². The molecule has 1 aliphatic carbocycles. The second-order valence-corrected chi connectivity index (χ2v) is 8.27. The number of aromatic nitrogens is 1. The van der Waals surface area contributed by atoms with Crippen molar-refractivity contribution in [2.24, 2.45) is 5.92 Å². The molecule has 1 N–H and O–H groups in total. The van der Waals surface area contributed by atoms with Crippen LogP contribution in [0.25, 0.3) is 0 Å². The third kappa shape index (κ3) is 6.75. The normalized spacial score (nSPS) is 20.6. The van der Waals surface area contributed by atoms with Crippen LogP contribution in [0.1, 0.15) is 44.9 Å². The Hall–Kier alpha value is -0.560. The maximum absolute atomic E-state index is 11.9. The third-order valence-electron chi connectivity index (χ3n) is 4.63. The molecule has 24 heavy (non-hydrogen) atoms. The minimum Gasteiger partial charge on any atom is -0.359 e. The summed E-state index contributed by atoms with van der Waals surface area (Å²) < 4.78 is 1.16. The molecule has 0 unspecified atom stereocenters. The molecule has 0 atom stereocenters. The number of halogens is 2. The number of hydrogen-bond donors (Lipinski definition) is 1. The van der Waals surface area contributed by atoms with Gasteiger partial charge in [0.1, 0.15) is 5.82 Å². The lowest BCUT2D eigenvalue weighted by Crippen LogP contribution is -2.39. The van der Waals surface area contributed by atoms with E-state index in [1.54, 1.807) is 0 Å². The van der Waals surface area contributed by atoms with Gasteiger partial charge in [0.2, 0.25) is 5.91 Å². The topological polar surface area (TPSA) is 45.2 Å². The minimum absolute atomic E-state index is 0.184. The van der Waals surface area contributed by atoms with Crippen LogP contribution < -0.4 is 10.2 Å². The Bertz CT molecular complexity index is 503. The van der Waals surface area contributed by atoms with Crippen molar-refractivity contribution < 1.29 is 4.79 Å². The first-order chi connectivity index (χ1) is 11.6. The number of carbonyl (C=O) groups excluding carboxylic acids is 1. The fourth-order valence-corrected chi connectivity index (χ4v) is 3.75. The summed E-state index contributed by atoms with van der Waals surface area (Å²) in [5.74, 6) is 2.54. The smallest absolute Gasteiger partial charge is 0.220 e. The second kappa shape index (κ2) is 10.4. The lowest BCUT2D eigenvalue weighted by atomic mass is 9.85. The summed E-state index contributed by atoms with van der Waals surface area (Å²) in [6, 6.07) is 4.52. The number of alkyl halides is 1. The van der Waals surface area contributed by atoms with Crippen molar-refractivity contribution in [1.82, 2.24) is 10.3 Å². The van der Waals surface area contributed by atoms with E-state index in [1.807, 2.05) is 6.20 Å². The van der Waals surface area contributed by atoms with Crippen molar-refractivity contribution in [3.63, 3.8) is 0 Å². The highest BCUT2D eigenvalue weighted by Crippen LogP contribution is 2.26. The van der Waals surface area contributed by atoms with Crippen molar-refractivity contribution in [2.75, 3.05) is 24.4 Å². The Morgan fingerprint density at radius 1 is 1.33 bits per heavy atom. The number of pyridine rings is 1. The summed E-state index contributed by atoms with van der Waals surface area (Å²) in [6.07, 6.45) is 8.82. The van der Waals surface area contributed by atoms with Crippen LogP contribution in [0.2, 0.25) is 0 Å². The van der Waals surface area contributed by atoms with Gasteiger partial charge in [-0.05, 0) is 79.2 Å². The van der Waals surface area contributed by atoms with E-state index in [1.165, 1.54) is 12.8 Å². The van der Waals surface area contributed by atoms with Crippen LogP contribution >= 0.6 is 34.2 Å². The summed E-state index contributed by atoms with van der Waals surface area (Å²) in [7, 11) is 2.11. The molecule has 1 aromatic rings. The third-order valence-corrected chi connectivity index (χ3v) is 5.54. The predicted molar refractivity (Wildman–Crippen MR) is 109 cm³/mol. The first kappa shape index (κ1) is 19.8. The van der Waals surface area contributed by atoms with E-state index < -0.39 is 0 Å². The number of carbonyl (C=O) groups is 1. The molecular formula is C18H27ClIN3O. The highest BCUT2D eigenvalue weighted by Gasteiger charge is 2.23. The average Bonchev–Trinajstić information content (AvgIpc) is 2.57. The highest BCUT2D eigenvalue weighted by atomic mass is 127. The van der Waals surface area contributed by atoms with Crippen LogP contribution in [-0.4, -0.2) is 36.4 Å². The number of unbranched alkanes of at least 4 members (excludes halogenated alkanes) is 1. The Balaban J connectivity index is 1.68. The molecule has 1 aromatic heterocycles. The van der Waals surface area contributed by atoms with Crippen LogP contribution in [0.3, 0.4) is 0 Å². The monoisotopic (exact) mass is 463 g/mol. The summed E-state index contributed by atoms with van der Waals surface area (Å²) in [4.78, 5) is 18.6. The maximum atomic E-state index is 11.9. The molecule has 0 saturated heterocycles. The van der Waals surface area contributed by atoms with Gasteiger partial charge >= 0.3 is 0 Å². The molecule has 1 amide bonds. The van der Waals surface area contributed by atoms with E-state index in [4.69, 9.17) is 11.6 Å². The number of rotatable bonds is 8. The number of nitrogens with zero attached hydrogens (tertiary/aromatic N) is 2. The van der Waals surface area contributed by atoms with Gasteiger partial charge < -0.3 is 10.2 Å². The minimum atomic E-state index is 0.184. The van der Waals surface area contributed by atoms with E-state index in [0.717, 1.165) is 41.6 Å². The van der Waals surface area contributed by atoms with E-state index in [-0.39, 0.29) is 5.91 Å². The highest BCUT2D eigenvalue weighted by molar-refractivity contribution is 14.1. The molecule has 134 valence electrons. The van der Waals surface area contributed by atoms with Crippen LogP contribution in [0.4, 0.5) is 5.82 Å². The van der Waals surface area contributed by atoms with Crippen molar-refractivity contribution in [1.29, 1.82) is 0 Å². The van der Waals surface area contributed by atoms with E-state index >= 15 is 0 Å². The van der Waals surface area contributed by atoms with Gasteiger partial charge in [0.25, 0.3) is 0 Å². The predicted octanol–water partition coefficient (Wildman–Crippen LogP) is 4.21. The zero-order chi connectivity index (χ0) is 17.4. The van der Waals surface area contributed by atoms with E-state index in [0.29, 0.717) is 24.3 Å². The molecule has 4 nitrogen and oxygen atoms in total. The first-order valence-electron chi connectivity index (χ1n) is 8.76. The van der Waals surface area contributed by atoms with E-state index in [2.05, 4.69) is 57.0 Å². The van der Waals surface area contributed by atoms with Gasteiger partial charge in [-0.3, -0.25) is 4.79 Å². The van der Waals surface area contributed by atoms with Crippen molar-refractivity contribution >= 4 is 45.9 Å². The quantitative estimate of drug-likeness (QED) is 0.357. The van der Waals surface area contributed by atoms with Crippen molar-refractivity contribution in [3.05, 3.63) is 21.9 Å². The van der Waals surface area contributed by atoms with Gasteiger partial charge in [-0.1, -0.05) is 0 Å². The SMILES string of the molecule is CN(CC1CCC(NC(=O)CCCCCl)CC1)c1ccc(I)cn1. The zero-order valence-corrected chi connectivity index (χ0v) is 17.2. The Morgan fingerprint density at radius 2 is 2.08 bits per heavy atom. The first-order valence-corrected chi connectivity index (χ1v) is 10.4. The molecule has 6 heteroatoms.